The minimum atomic E-state index is -0.251. The fourth-order valence-corrected chi connectivity index (χ4v) is 1.55. The van der Waals surface area contributed by atoms with Gasteiger partial charge in [-0.2, -0.15) is 0 Å². The van der Waals surface area contributed by atoms with Gasteiger partial charge in [-0.1, -0.05) is 39.5 Å². The molecule has 0 aliphatic carbocycles. The average Bonchev–Trinajstić information content (AvgIpc) is 2.36. The standard InChI is InChI=1S/C14H26O3/c1-4-6-7-8-9-11-17-12-10-13(5-2)14(15)16-3/h10H,4-9,11-12H2,1-3H3. The number of carbonyl (C=O) groups is 1. The summed E-state index contributed by atoms with van der Waals surface area (Å²) in [5.41, 5.74) is 0.693. The van der Waals surface area contributed by atoms with E-state index in [0.29, 0.717) is 18.6 Å². The van der Waals surface area contributed by atoms with Gasteiger partial charge in [0.2, 0.25) is 0 Å². The van der Waals surface area contributed by atoms with E-state index in [9.17, 15) is 4.79 Å². The Balaban J connectivity index is 3.53. The van der Waals surface area contributed by atoms with Gasteiger partial charge in [-0.05, 0) is 18.9 Å². The van der Waals surface area contributed by atoms with Gasteiger partial charge in [0.05, 0.1) is 13.7 Å². The lowest BCUT2D eigenvalue weighted by molar-refractivity contribution is -0.136. The third-order valence-electron chi connectivity index (χ3n) is 2.67. The van der Waals surface area contributed by atoms with Crippen molar-refractivity contribution >= 4 is 5.97 Å². The fraction of sp³-hybridized carbons (Fsp3) is 0.786. The summed E-state index contributed by atoms with van der Waals surface area (Å²) in [5.74, 6) is -0.251. The van der Waals surface area contributed by atoms with Crippen molar-refractivity contribution in [3.63, 3.8) is 0 Å². The van der Waals surface area contributed by atoms with Crippen molar-refractivity contribution in [1.82, 2.24) is 0 Å². The van der Waals surface area contributed by atoms with Gasteiger partial charge < -0.3 is 9.47 Å². The first-order chi connectivity index (χ1) is 8.26. The Labute approximate surface area is 105 Å². The number of methoxy groups -OCH3 is 1. The highest BCUT2D eigenvalue weighted by Crippen LogP contribution is 2.04. The van der Waals surface area contributed by atoms with Crippen LogP contribution in [0.1, 0.15) is 52.4 Å². The summed E-state index contributed by atoms with van der Waals surface area (Å²) in [7, 11) is 1.40. The van der Waals surface area contributed by atoms with Crippen molar-refractivity contribution < 1.29 is 14.3 Å². The maximum Gasteiger partial charge on any atom is 0.333 e. The molecule has 3 heteroatoms. The molecule has 0 fully saturated rings. The third-order valence-corrected chi connectivity index (χ3v) is 2.67. The molecule has 0 bridgehead atoms. The van der Waals surface area contributed by atoms with Crippen molar-refractivity contribution in [2.24, 2.45) is 0 Å². The molecule has 0 saturated carbocycles. The van der Waals surface area contributed by atoms with Gasteiger partial charge in [0, 0.05) is 12.2 Å². The van der Waals surface area contributed by atoms with Crippen molar-refractivity contribution in [2.75, 3.05) is 20.3 Å². The van der Waals surface area contributed by atoms with Gasteiger partial charge in [0.25, 0.3) is 0 Å². The van der Waals surface area contributed by atoms with Crippen LogP contribution in [0.5, 0.6) is 0 Å². The van der Waals surface area contributed by atoms with Crippen LogP contribution in [-0.2, 0) is 14.3 Å². The van der Waals surface area contributed by atoms with Crippen LogP contribution in [0.25, 0.3) is 0 Å². The SMILES string of the molecule is CCCCCCCOCC=C(CC)C(=O)OC. The molecular weight excluding hydrogens is 216 g/mol. The molecular formula is C14H26O3. The van der Waals surface area contributed by atoms with Gasteiger partial charge in [-0.3, -0.25) is 0 Å². The third kappa shape index (κ3) is 8.93. The Kier molecular flexibility index (Phi) is 11.1. The number of unbranched alkanes of at least 4 members (excludes halogenated alkanes) is 4. The van der Waals surface area contributed by atoms with E-state index in [1.54, 1.807) is 0 Å². The van der Waals surface area contributed by atoms with Crippen LogP contribution in [0, 0.1) is 0 Å². The maximum absolute atomic E-state index is 11.2. The highest BCUT2D eigenvalue weighted by Gasteiger charge is 2.05. The van der Waals surface area contributed by atoms with Crippen LogP contribution in [0.4, 0.5) is 0 Å². The van der Waals surface area contributed by atoms with Crippen LogP contribution in [0.15, 0.2) is 11.6 Å². The Morgan fingerprint density at radius 1 is 1.12 bits per heavy atom. The number of ether oxygens (including phenoxy) is 2. The monoisotopic (exact) mass is 242 g/mol. The van der Waals surface area contributed by atoms with Crippen molar-refractivity contribution in [1.29, 1.82) is 0 Å². The molecule has 0 heterocycles. The van der Waals surface area contributed by atoms with E-state index in [1.165, 1.54) is 32.8 Å². The Bertz CT molecular complexity index is 222. The molecule has 0 unspecified atom stereocenters. The predicted molar refractivity (Wildman–Crippen MR) is 70.0 cm³/mol. The lowest BCUT2D eigenvalue weighted by atomic mass is 10.2. The average molecular weight is 242 g/mol. The summed E-state index contributed by atoms with van der Waals surface area (Å²) in [6.45, 7) is 5.43. The summed E-state index contributed by atoms with van der Waals surface area (Å²) in [6, 6.07) is 0. The zero-order chi connectivity index (χ0) is 12.9. The van der Waals surface area contributed by atoms with Gasteiger partial charge in [0.15, 0.2) is 0 Å². The molecule has 0 atom stereocenters. The van der Waals surface area contributed by atoms with Crippen LogP contribution in [0.3, 0.4) is 0 Å². The normalized spacial score (nSPS) is 11.6. The first-order valence-electron chi connectivity index (χ1n) is 6.61. The number of esters is 1. The molecule has 17 heavy (non-hydrogen) atoms. The maximum atomic E-state index is 11.2. The summed E-state index contributed by atoms with van der Waals surface area (Å²) in [4.78, 5) is 11.2. The molecule has 100 valence electrons. The van der Waals surface area contributed by atoms with Crippen molar-refractivity contribution in [2.45, 2.75) is 52.4 Å². The smallest absolute Gasteiger partial charge is 0.333 e. The van der Waals surface area contributed by atoms with E-state index in [-0.39, 0.29) is 5.97 Å². The lowest BCUT2D eigenvalue weighted by Crippen LogP contribution is -2.05. The molecule has 0 aliphatic rings. The van der Waals surface area contributed by atoms with Gasteiger partial charge >= 0.3 is 5.97 Å². The Hall–Kier alpha value is -0.830. The molecule has 0 aliphatic heterocycles. The van der Waals surface area contributed by atoms with E-state index >= 15 is 0 Å². The molecule has 0 aromatic rings. The molecule has 0 N–H and O–H groups in total. The first kappa shape index (κ1) is 16.2. The van der Waals surface area contributed by atoms with Crippen LogP contribution in [0.2, 0.25) is 0 Å². The number of carbonyl (C=O) groups excluding carboxylic acids is 1. The van der Waals surface area contributed by atoms with Crippen molar-refractivity contribution in [3.05, 3.63) is 11.6 Å². The molecule has 0 spiro atoms. The molecule has 0 rings (SSSR count). The minimum Gasteiger partial charge on any atom is -0.466 e. The largest absolute Gasteiger partial charge is 0.466 e. The summed E-state index contributed by atoms with van der Waals surface area (Å²) in [5, 5.41) is 0. The molecule has 0 saturated heterocycles. The molecule has 0 amide bonds. The first-order valence-corrected chi connectivity index (χ1v) is 6.61. The molecule has 0 aromatic heterocycles. The quantitative estimate of drug-likeness (QED) is 0.334. The van der Waals surface area contributed by atoms with Crippen LogP contribution >= 0.6 is 0 Å². The Morgan fingerprint density at radius 3 is 2.41 bits per heavy atom. The molecule has 3 nitrogen and oxygen atoms in total. The van der Waals surface area contributed by atoms with Gasteiger partial charge in [-0.15, -0.1) is 0 Å². The van der Waals surface area contributed by atoms with E-state index in [1.807, 2.05) is 13.0 Å². The van der Waals surface area contributed by atoms with E-state index < -0.39 is 0 Å². The predicted octanol–water partition coefficient (Wildman–Crippen LogP) is 3.48. The molecule has 0 aromatic carbocycles. The second-order valence-electron chi connectivity index (χ2n) is 4.06. The van der Waals surface area contributed by atoms with E-state index in [0.717, 1.165) is 13.0 Å². The minimum absolute atomic E-state index is 0.251. The number of rotatable bonds is 10. The van der Waals surface area contributed by atoms with Gasteiger partial charge in [0.1, 0.15) is 0 Å². The second-order valence-corrected chi connectivity index (χ2v) is 4.06. The number of hydrogen-bond acceptors (Lipinski definition) is 3. The van der Waals surface area contributed by atoms with E-state index in [2.05, 4.69) is 11.7 Å². The van der Waals surface area contributed by atoms with E-state index in [4.69, 9.17) is 4.74 Å². The van der Waals surface area contributed by atoms with Crippen LogP contribution in [-0.4, -0.2) is 26.3 Å². The molecule has 0 radical (unpaired) electrons. The Morgan fingerprint density at radius 2 is 1.82 bits per heavy atom. The fourth-order valence-electron chi connectivity index (χ4n) is 1.55. The zero-order valence-corrected chi connectivity index (χ0v) is 11.5. The summed E-state index contributed by atoms with van der Waals surface area (Å²) in [6.07, 6.45) is 8.70. The zero-order valence-electron chi connectivity index (χ0n) is 11.5. The second kappa shape index (κ2) is 11.6. The summed E-state index contributed by atoms with van der Waals surface area (Å²) >= 11 is 0. The van der Waals surface area contributed by atoms with Crippen molar-refractivity contribution in [3.8, 4) is 0 Å². The summed E-state index contributed by atoms with van der Waals surface area (Å²) < 4.78 is 10.1. The lowest BCUT2D eigenvalue weighted by Gasteiger charge is -2.04. The van der Waals surface area contributed by atoms with Gasteiger partial charge in [-0.25, -0.2) is 4.79 Å². The highest BCUT2D eigenvalue weighted by atomic mass is 16.5. The number of hydrogen-bond donors (Lipinski definition) is 0. The highest BCUT2D eigenvalue weighted by molar-refractivity contribution is 5.88. The topological polar surface area (TPSA) is 35.5 Å². The van der Waals surface area contributed by atoms with Crippen LogP contribution < -0.4 is 0 Å².